The van der Waals surface area contributed by atoms with E-state index in [0.717, 1.165) is 49.3 Å². The van der Waals surface area contributed by atoms with Crippen molar-refractivity contribution < 1.29 is 4.74 Å². The predicted octanol–water partition coefficient (Wildman–Crippen LogP) is 7.32. The van der Waals surface area contributed by atoms with Gasteiger partial charge in [0, 0.05) is 23.9 Å². The van der Waals surface area contributed by atoms with Gasteiger partial charge < -0.3 is 9.64 Å². The molecule has 3 aromatic rings. The zero-order chi connectivity index (χ0) is 26.9. The fourth-order valence-electron chi connectivity index (χ4n) is 5.54. The van der Waals surface area contributed by atoms with Crippen LogP contribution in [0.3, 0.4) is 0 Å². The van der Waals surface area contributed by atoms with Crippen LogP contribution < -0.4 is 4.74 Å². The molecular weight excluding hydrogens is 468 g/mol. The molecule has 0 atom stereocenters. The van der Waals surface area contributed by atoms with Crippen molar-refractivity contribution in [3.63, 3.8) is 0 Å². The second kappa shape index (κ2) is 14.1. The Balaban J connectivity index is 1.59. The predicted molar refractivity (Wildman–Crippen MR) is 160 cm³/mol. The molecule has 2 aromatic heterocycles. The van der Waals surface area contributed by atoms with Gasteiger partial charge in [-0.3, -0.25) is 4.90 Å². The van der Waals surface area contributed by atoms with Crippen LogP contribution in [0.2, 0.25) is 0 Å². The average molecular weight is 519 g/mol. The highest BCUT2D eigenvalue weighted by atomic mass is 16.5. The standard InChI is InChI=1S/C33H50N4O/c1-26(2)15-21-36(22-16-27(3)4)25-28-17-23-37-32(24-28)31(10-9-20-35-18-7-6-8-19-35)33(34-37)29-11-13-30(38-5)14-12-29/h11-14,17,23-24,26-27H,6-10,15-16,18-22,25H2,1-5H3. The maximum Gasteiger partial charge on any atom is 0.118 e. The molecule has 0 spiro atoms. The minimum atomic E-state index is 0.729. The molecule has 1 aliphatic rings. The summed E-state index contributed by atoms with van der Waals surface area (Å²) < 4.78 is 7.52. The summed E-state index contributed by atoms with van der Waals surface area (Å²) in [5.41, 5.74) is 6.31. The minimum Gasteiger partial charge on any atom is -0.497 e. The van der Waals surface area contributed by atoms with Crippen molar-refractivity contribution in [1.29, 1.82) is 0 Å². The molecule has 0 saturated carbocycles. The van der Waals surface area contributed by atoms with E-state index < -0.39 is 0 Å². The lowest BCUT2D eigenvalue weighted by Gasteiger charge is -2.26. The van der Waals surface area contributed by atoms with Crippen molar-refractivity contribution in [2.24, 2.45) is 11.8 Å². The summed E-state index contributed by atoms with van der Waals surface area (Å²) in [6, 6.07) is 13.1. The maximum atomic E-state index is 5.41. The van der Waals surface area contributed by atoms with Crippen molar-refractivity contribution in [2.45, 2.75) is 79.2 Å². The van der Waals surface area contributed by atoms with Crippen LogP contribution in [0, 0.1) is 11.8 Å². The van der Waals surface area contributed by atoms with Crippen LogP contribution in [-0.4, -0.2) is 59.2 Å². The smallest absolute Gasteiger partial charge is 0.118 e. The van der Waals surface area contributed by atoms with E-state index in [-0.39, 0.29) is 0 Å². The van der Waals surface area contributed by atoms with Crippen LogP contribution in [-0.2, 0) is 13.0 Å². The molecule has 1 saturated heterocycles. The van der Waals surface area contributed by atoms with Gasteiger partial charge in [0.25, 0.3) is 0 Å². The van der Waals surface area contributed by atoms with Crippen LogP contribution in [0.5, 0.6) is 5.75 Å². The first-order chi connectivity index (χ1) is 18.4. The van der Waals surface area contributed by atoms with E-state index in [4.69, 9.17) is 9.84 Å². The van der Waals surface area contributed by atoms with E-state index in [0.29, 0.717) is 0 Å². The Bertz CT molecular complexity index is 1100. The van der Waals surface area contributed by atoms with E-state index in [1.807, 2.05) is 12.1 Å². The number of aryl methyl sites for hydroxylation is 1. The first-order valence-corrected chi connectivity index (χ1v) is 15.0. The lowest BCUT2D eigenvalue weighted by Crippen LogP contribution is -2.30. The number of rotatable bonds is 14. The fourth-order valence-corrected chi connectivity index (χ4v) is 5.54. The van der Waals surface area contributed by atoms with Gasteiger partial charge in [0.1, 0.15) is 5.75 Å². The topological polar surface area (TPSA) is 33.0 Å². The zero-order valence-electron chi connectivity index (χ0n) is 24.6. The number of methoxy groups -OCH3 is 1. The molecule has 5 nitrogen and oxygen atoms in total. The number of pyridine rings is 1. The van der Waals surface area contributed by atoms with Gasteiger partial charge in [0.15, 0.2) is 0 Å². The largest absolute Gasteiger partial charge is 0.497 e. The van der Waals surface area contributed by atoms with E-state index >= 15 is 0 Å². The van der Waals surface area contributed by atoms with Gasteiger partial charge in [0.2, 0.25) is 0 Å². The quantitative estimate of drug-likeness (QED) is 0.224. The molecule has 0 amide bonds. The number of likely N-dealkylation sites (tertiary alicyclic amines) is 1. The fraction of sp³-hybridized carbons (Fsp3) is 0.606. The van der Waals surface area contributed by atoms with Gasteiger partial charge in [-0.25, -0.2) is 4.52 Å². The van der Waals surface area contributed by atoms with Gasteiger partial charge in [-0.15, -0.1) is 0 Å². The Hall–Kier alpha value is -2.37. The highest BCUT2D eigenvalue weighted by molar-refractivity contribution is 5.73. The number of hydrogen-bond acceptors (Lipinski definition) is 4. The minimum absolute atomic E-state index is 0.729. The molecule has 208 valence electrons. The van der Waals surface area contributed by atoms with Crippen LogP contribution in [0.15, 0.2) is 42.6 Å². The van der Waals surface area contributed by atoms with E-state index in [1.54, 1.807) is 7.11 Å². The third-order valence-electron chi connectivity index (χ3n) is 7.97. The first-order valence-electron chi connectivity index (χ1n) is 15.0. The van der Waals surface area contributed by atoms with E-state index in [1.165, 1.54) is 80.4 Å². The van der Waals surface area contributed by atoms with Crippen molar-refractivity contribution in [1.82, 2.24) is 19.4 Å². The third-order valence-corrected chi connectivity index (χ3v) is 7.97. The third kappa shape index (κ3) is 8.07. The molecule has 1 aliphatic heterocycles. The summed E-state index contributed by atoms with van der Waals surface area (Å²) in [4.78, 5) is 5.30. The number of ether oxygens (including phenoxy) is 1. The number of nitrogens with zero attached hydrogens (tertiary/aromatic N) is 4. The van der Waals surface area contributed by atoms with E-state index in [9.17, 15) is 0 Å². The Morgan fingerprint density at radius 3 is 2.24 bits per heavy atom. The maximum absolute atomic E-state index is 5.41. The Morgan fingerprint density at radius 1 is 0.921 bits per heavy atom. The highest BCUT2D eigenvalue weighted by Crippen LogP contribution is 2.30. The molecule has 1 aromatic carbocycles. The average Bonchev–Trinajstić information content (AvgIpc) is 3.28. The van der Waals surface area contributed by atoms with Crippen LogP contribution >= 0.6 is 0 Å². The van der Waals surface area contributed by atoms with Crippen LogP contribution in [0.25, 0.3) is 16.8 Å². The van der Waals surface area contributed by atoms with Crippen molar-refractivity contribution >= 4 is 5.52 Å². The van der Waals surface area contributed by atoms with Gasteiger partial charge in [0.05, 0.1) is 18.3 Å². The summed E-state index contributed by atoms with van der Waals surface area (Å²) in [5.74, 6) is 2.34. The summed E-state index contributed by atoms with van der Waals surface area (Å²) in [5, 5.41) is 5.09. The molecule has 0 unspecified atom stereocenters. The van der Waals surface area contributed by atoms with Crippen molar-refractivity contribution in [3.8, 4) is 17.0 Å². The van der Waals surface area contributed by atoms with Gasteiger partial charge in [-0.2, -0.15) is 5.10 Å². The monoisotopic (exact) mass is 518 g/mol. The van der Waals surface area contributed by atoms with Gasteiger partial charge >= 0.3 is 0 Å². The van der Waals surface area contributed by atoms with Crippen molar-refractivity contribution in [3.05, 3.63) is 53.7 Å². The van der Waals surface area contributed by atoms with Crippen molar-refractivity contribution in [2.75, 3.05) is 39.8 Å². The summed E-state index contributed by atoms with van der Waals surface area (Å²) in [7, 11) is 1.72. The molecule has 0 aliphatic carbocycles. The molecular formula is C33H50N4O. The molecule has 4 rings (SSSR count). The molecule has 5 heteroatoms. The number of aromatic nitrogens is 2. The number of piperidine rings is 1. The highest BCUT2D eigenvalue weighted by Gasteiger charge is 2.17. The van der Waals surface area contributed by atoms with Crippen LogP contribution in [0.4, 0.5) is 0 Å². The van der Waals surface area contributed by atoms with Gasteiger partial charge in [-0.05, 0) is 125 Å². The molecule has 0 radical (unpaired) electrons. The Kier molecular flexibility index (Phi) is 10.7. The first kappa shape index (κ1) is 28.6. The summed E-state index contributed by atoms with van der Waals surface area (Å²) >= 11 is 0. The number of hydrogen-bond donors (Lipinski definition) is 0. The molecule has 38 heavy (non-hydrogen) atoms. The van der Waals surface area contributed by atoms with Crippen LogP contribution in [0.1, 0.15) is 77.3 Å². The van der Waals surface area contributed by atoms with Gasteiger partial charge in [-0.1, -0.05) is 34.1 Å². The lowest BCUT2D eigenvalue weighted by atomic mass is 10.0. The summed E-state index contributed by atoms with van der Waals surface area (Å²) in [6.07, 6.45) is 11.0. The molecule has 3 heterocycles. The second-order valence-corrected chi connectivity index (χ2v) is 12.1. The molecule has 0 N–H and O–H groups in total. The number of benzene rings is 1. The SMILES string of the molecule is COc1ccc(-c2nn3ccc(CN(CCC(C)C)CCC(C)C)cc3c2CCCN2CCCCC2)cc1. The normalized spacial score (nSPS) is 14.8. The Labute approximate surface area is 231 Å². The van der Waals surface area contributed by atoms with E-state index in [2.05, 4.69) is 72.5 Å². The molecule has 0 bridgehead atoms. The lowest BCUT2D eigenvalue weighted by molar-refractivity contribution is 0.226. The number of fused-ring (bicyclic) bond motifs is 1. The zero-order valence-corrected chi connectivity index (χ0v) is 24.6. The second-order valence-electron chi connectivity index (χ2n) is 12.1. The molecule has 1 fully saturated rings. The summed E-state index contributed by atoms with van der Waals surface area (Å²) in [6.45, 7) is 16.3. The Morgan fingerprint density at radius 2 is 1.61 bits per heavy atom.